The van der Waals surface area contributed by atoms with Crippen molar-refractivity contribution in [1.82, 2.24) is 0 Å². The monoisotopic (exact) mass is 210 g/mol. The lowest BCUT2D eigenvalue weighted by molar-refractivity contribution is 0.209. The molecule has 0 saturated heterocycles. The lowest BCUT2D eigenvalue weighted by Crippen LogP contribution is -2.42. The van der Waals surface area contributed by atoms with Crippen molar-refractivity contribution in [1.29, 1.82) is 0 Å². The molecule has 2 saturated carbocycles. The first kappa shape index (κ1) is 11.4. The van der Waals surface area contributed by atoms with Gasteiger partial charge in [0.1, 0.15) is 0 Å². The van der Waals surface area contributed by atoms with Crippen LogP contribution in [0.25, 0.3) is 0 Å². The first-order valence-electron chi connectivity index (χ1n) is 6.41. The summed E-state index contributed by atoms with van der Waals surface area (Å²) in [6.45, 7) is 4.58. The van der Waals surface area contributed by atoms with Crippen LogP contribution in [-0.4, -0.2) is 11.1 Å². The summed E-state index contributed by atoms with van der Waals surface area (Å²) in [5.74, 6) is 0. The Balaban J connectivity index is 1.99. The van der Waals surface area contributed by atoms with E-state index in [0.29, 0.717) is 5.41 Å². The van der Waals surface area contributed by atoms with Crippen LogP contribution in [0.4, 0.5) is 0 Å². The van der Waals surface area contributed by atoms with Gasteiger partial charge < -0.3 is 11.5 Å². The highest BCUT2D eigenvalue weighted by molar-refractivity contribution is 5.02. The molecule has 2 aliphatic carbocycles. The Bertz CT molecular complexity index is 241. The van der Waals surface area contributed by atoms with E-state index in [-0.39, 0.29) is 11.1 Å². The fraction of sp³-hybridized carbons (Fsp3) is 1.00. The average molecular weight is 210 g/mol. The summed E-state index contributed by atoms with van der Waals surface area (Å²) in [6, 6.07) is 0. The quantitative estimate of drug-likeness (QED) is 0.736. The van der Waals surface area contributed by atoms with E-state index < -0.39 is 0 Å². The number of hydrogen-bond acceptors (Lipinski definition) is 2. The minimum atomic E-state index is 0.0592. The SMILES string of the molecule is CC1(N)CCC(C)(CC2(N)CCCC2)C1. The highest BCUT2D eigenvalue weighted by atomic mass is 14.8. The molecule has 0 bridgehead atoms. The van der Waals surface area contributed by atoms with Crippen LogP contribution in [0, 0.1) is 5.41 Å². The largest absolute Gasteiger partial charge is 0.325 e. The molecule has 2 atom stereocenters. The van der Waals surface area contributed by atoms with Crippen molar-refractivity contribution < 1.29 is 0 Å². The van der Waals surface area contributed by atoms with E-state index in [1.807, 2.05) is 0 Å². The second-order valence-corrected chi connectivity index (χ2v) is 6.89. The van der Waals surface area contributed by atoms with Gasteiger partial charge in [-0.1, -0.05) is 19.8 Å². The summed E-state index contributed by atoms with van der Waals surface area (Å²) < 4.78 is 0. The van der Waals surface area contributed by atoms with Crippen LogP contribution in [0.1, 0.15) is 65.2 Å². The van der Waals surface area contributed by atoms with Crippen molar-refractivity contribution in [2.45, 2.75) is 76.3 Å². The minimum absolute atomic E-state index is 0.0592. The van der Waals surface area contributed by atoms with Gasteiger partial charge in [0.05, 0.1) is 0 Å². The number of nitrogens with two attached hydrogens (primary N) is 2. The maximum absolute atomic E-state index is 6.47. The molecule has 88 valence electrons. The summed E-state index contributed by atoms with van der Waals surface area (Å²) in [6.07, 6.45) is 9.87. The van der Waals surface area contributed by atoms with Crippen molar-refractivity contribution in [2.24, 2.45) is 16.9 Å². The third-order valence-electron chi connectivity index (χ3n) is 4.51. The Morgan fingerprint density at radius 3 is 2.00 bits per heavy atom. The van der Waals surface area contributed by atoms with Gasteiger partial charge in [0, 0.05) is 11.1 Å². The van der Waals surface area contributed by atoms with Gasteiger partial charge in [0.15, 0.2) is 0 Å². The number of hydrogen-bond donors (Lipinski definition) is 2. The van der Waals surface area contributed by atoms with Crippen LogP contribution in [0.15, 0.2) is 0 Å². The van der Waals surface area contributed by atoms with Gasteiger partial charge >= 0.3 is 0 Å². The molecule has 0 heterocycles. The zero-order valence-corrected chi connectivity index (χ0v) is 10.3. The molecule has 0 aliphatic heterocycles. The summed E-state index contributed by atoms with van der Waals surface area (Å²) in [7, 11) is 0. The first-order chi connectivity index (χ1) is 6.83. The summed E-state index contributed by atoms with van der Waals surface area (Å²) in [4.78, 5) is 0. The van der Waals surface area contributed by atoms with Gasteiger partial charge in [-0.05, 0) is 50.9 Å². The van der Waals surface area contributed by atoms with Crippen LogP contribution in [0.2, 0.25) is 0 Å². The van der Waals surface area contributed by atoms with E-state index in [0.717, 1.165) is 6.42 Å². The minimum Gasteiger partial charge on any atom is -0.325 e. The lowest BCUT2D eigenvalue weighted by Gasteiger charge is -2.35. The fourth-order valence-electron chi connectivity index (χ4n) is 4.00. The van der Waals surface area contributed by atoms with Gasteiger partial charge in [-0.25, -0.2) is 0 Å². The zero-order valence-electron chi connectivity index (χ0n) is 10.3. The Morgan fingerprint density at radius 1 is 0.933 bits per heavy atom. The Kier molecular flexibility index (Phi) is 2.63. The third kappa shape index (κ3) is 2.54. The first-order valence-corrected chi connectivity index (χ1v) is 6.41. The lowest BCUT2D eigenvalue weighted by atomic mass is 9.74. The molecule has 2 aliphatic rings. The molecular weight excluding hydrogens is 184 g/mol. The standard InChI is InChI=1S/C13H26N2/c1-11(7-8-12(2,14)9-11)10-13(15)5-3-4-6-13/h3-10,14-15H2,1-2H3. The van der Waals surface area contributed by atoms with E-state index in [1.165, 1.54) is 44.9 Å². The molecular formula is C13H26N2. The van der Waals surface area contributed by atoms with Crippen LogP contribution in [-0.2, 0) is 0 Å². The van der Waals surface area contributed by atoms with Crippen LogP contribution in [0.3, 0.4) is 0 Å². The van der Waals surface area contributed by atoms with Crippen molar-refractivity contribution in [3.05, 3.63) is 0 Å². The van der Waals surface area contributed by atoms with Gasteiger partial charge in [0.2, 0.25) is 0 Å². The summed E-state index contributed by atoms with van der Waals surface area (Å²) >= 11 is 0. The summed E-state index contributed by atoms with van der Waals surface area (Å²) in [5.41, 5.74) is 13.3. The second-order valence-electron chi connectivity index (χ2n) is 6.89. The maximum atomic E-state index is 6.47. The van der Waals surface area contributed by atoms with Gasteiger partial charge in [-0.15, -0.1) is 0 Å². The molecule has 2 nitrogen and oxygen atoms in total. The highest BCUT2D eigenvalue weighted by Crippen LogP contribution is 2.49. The number of rotatable bonds is 2. The molecule has 2 fully saturated rings. The molecule has 0 radical (unpaired) electrons. The van der Waals surface area contributed by atoms with E-state index in [2.05, 4.69) is 13.8 Å². The third-order valence-corrected chi connectivity index (χ3v) is 4.51. The average Bonchev–Trinajstić information content (AvgIpc) is 2.57. The van der Waals surface area contributed by atoms with Crippen LogP contribution in [0.5, 0.6) is 0 Å². The molecule has 2 unspecified atom stereocenters. The normalized spacial score (nSPS) is 44.8. The van der Waals surface area contributed by atoms with Gasteiger partial charge in [-0.2, -0.15) is 0 Å². The molecule has 0 amide bonds. The zero-order chi connectivity index (χ0) is 11.2. The topological polar surface area (TPSA) is 52.0 Å². The molecule has 0 aromatic heterocycles. The smallest absolute Gasteiger partial charge is 0.0159 e. The molecule has 4 N–H and O–H groups in total. The van der Waals surface area contributed by atoms with E-state index in [1.54, 1.807) is 0 Å². The predicted molar refractivity (Wildman–Crippen MR) is 64.6 cm³/mol. The summed E-state index contributed by atoms with van der Waals surface area (Å²) in [5, 5.41) is 0. The van der Waals surface area contributed by atoms with Crippen LogP contribution < -0.4 is 11.5 Å². The molecule has 0 aromatic carbocycles. The van der Waals surface area contributed by atoms with Crippen molar-refractivity contribution >= 4 is 0 Å². The highest BCUT2D eigenvalue weighted by Gasteiger charge is 2.45. The Labute approximate surface area is 93.8 Å². The molecule has 15 heavy (non-hydrogen) atoms. The van der Waals surface area contributed by atoms with Crippen molar-refractivity contribution in [3.63, 3.8) is 0 Å². The van der Waals surface area contributed by atoms with E-state index >= 15 is 0 Å². The van der Waals surface area contributed by atoms with E-state index in [4.69, 9.17) is 11.5 Å². The second kappa shape index (κ2) is 3.46. The molecule has 2 rings (SSSR count). The maximum Gasteiger partial charge on any atom is 0.0159 e. The molecule has 0 spiro atoms. The van der Waals surface area contributed by atoms with Crippen molar-refractivity contribution in [3.8, 4) is 0 Å². The van der Waals surface area contributed by atoms with Crippen molar-refractivity contribution in [2.75, 3.05) is 0 Å². The van der Waals surface area contributed by atoms with E-state index in [9.17, 15) is 0 Å². The van der Waals surface area contributed by atoms with Gasteiger partial charge in [-0.3, -0.25) is 0 Å². The van der Waals surface area contributed by atoms with Gasteiger partial charge in [0.25, 0.3) is 0 Å². The Morgan fingerprint density at radius 2 is 1.53 bits per heavy atom. The predicted octanol–water partition coefficient (Wildman–Crippen LogP) is 2.56. The molecule has 0 aromatic rings. The molecule has 2 heteroatoms. The fourth-order valence-corrected chi connectivity index (χ4v) is 4.00. The Hall–Kier alpha value is -0.0800. The van der Waals surface area contributed by atoms with Crippen LogP contribution >= 0.6 is 0 Å².